The second-order valence-electron chi connectivity index (χ2n) is 5.97. The van der Waals surface area contributed by atoms with E-state index in [1.807, 2.05) is 12.1 Å². The molecule has 0 fully saturated rings. The molecule has 0 spiro atoms. The first-order valence-corrected chi connectivity index (χ1v) is 7.41. The third-order valence-corrected chi connectivity index (χ3v) is 4.15. The van der Waals surface area contributed by atoms with Crippen LogP contribution in [0.4, 0.5) is 0 Å². The maximum Gasteiger partial charge on any atom is 0.224 e. The largest absolute Gasteiger partial charge is 0.349 e. The zero-order valence-electron chi connectivity index (χ0n) is 12.5. The van der Waals surface area contributed by atoms with Gasteiger partial charge in [0.15, 0.2) is 0 Å². The van der Waals surface area contributed by atoms with E-state index in [4.69, 9.17) is 0 Å². The standard InChI is InChI=1S/C18H20N2O/c1-12-5-6-15-9-13(2)18(16(15)8-12)20-17(21)10-14-4-3-7-19-11-14/h3-8,11,13,18H,9-10H2,1-2H3,(H,20,21)/t13-,18-/m1/s1. The summed E-state index contributed by atoms with van der Waals surface area (Å²) in [5.41, 5.74) is 4.83. The van der Waals surface area contributed by atoms with E-state index in [2.05, 4.69) is 42.3 Å². The highest BCUT2D eigenvalue weighted by atomic mass is 16.1. The molecule has 2 atom stereocenters. The highest BCUT2D eigenvalue weighted by molar-refractivity contribution is 5.79. The normalized spacial score (nSPS) is 20.1. The van der Waals surface area contributed by atoms with Gasteiger partial charge in [-0.3, -0.25) is 9.78 Å². The molecule has 3 heteroatoms. The molecule has 0 bridgehead atoms. The van der Waals surface area contributed by atoms with Gasteiger partial charge in [0.1, 0.15) is 0 Å². The van der Waals surface area contributed by atoms with Crippen molar-refractivity contribution in [3.63, 3.8) is 0 Å². The third kappa shape index (κ3) is 2.97. The first kappa shape index (κ1) is 13.8. The van der Waals surface area contributed by atoms with Crippen molar-refractivity contribution in [2.75, 3.05) is 0 Å². The van der Waals surface area contributed by atoms with Gasteiger partial charge in [-0.25, -0.2) is 0 Å². The molecule has 1 heterocycles. The molecule has 1 aliphatic rings. The predicted molar refractivity (Wildman–Crippen MR) is 82.9 cm³/mol. The monoisotopic (exact) mass is 280 g/mol. The van der Waals surface area contributed by atoms with Gasteiger partial charge in [-0.05, 0) is 42.0 Å². The van der Waals surface area contributed by atoms with E-state index in [-0.39, 0.29) is 11.9 Å². The maximum atomic E-state index is 12.3. The number of rotatable bonds is 3. The summed E-state index contributed by atoms with van der Waals surface area (Å²) in [6.45, 7) is 4.29. The molecule has 21 heavy (non-hydrogen) atoms. The average molecular weight is 280 g/mol. The number of carbonyl (C=O) groups excluding carboxylic acids is 1. The number of benzene rings is 1. The third-order valence-electron chi connectivity index (χ3n) is 4.15. The van der Waals surface area contributed by atoms with Crippen molar-refractivity contribution in [2.24, 2.45) is 5.92 Å². The Morgan fingerprint density at radius 2 is 2.24 bits per heavy atom. The number of pyridine rings is 1. The van der Waals surface area contributed by atoms with E-state index in [0.29, 0.717) is 12.3 Å². The van der Waals surface area contributed by atoms with Crippen LogP contribution in [0.1, 0.15) is 35.2 Å². The molecule has 0 saturated heterocycles. The number of aryl methyl sites for hydroxylation is 1. The smallest absolute Gasteiger partial charge is 0.224 e. The van der Waals surface area contributed by atoms with Gasteiger partial charge in [0.2, 0.25) is 5.91 Å². The quantitative estimate of drug-likeness (QED) is 0.939. The van der Waals surface area contributed by atoms with E-state index in [1.54, 1.807) is 12.4 Å². The molecular weight excluding hydrogens is 260 g/mol. The fourth-order valence-electron chi connectivity index (χ4n) is 3.09. The number of carbonyl (C=O) groups is 1. The van der Waals surface area contributed by atoms with Gasteiger partial charge in [-0.15, -0.1) is 0 Å². The zero-order valence-corrected chi connectivity index (χ0v) is 12.5. The molecular formula is C18H20N2O. The lowest BCUT2D eigenvalue weighted by molar-refractivity contribution is -0.121. The van der Waals surface area contributed by atoms with Crippen molar-refractivity contribution in [1.82, 2.24) is 10.3 Å². The van der Waals surface area contributed by atoms with Gasteiger partial charge in [0.05, 0.1) is 12.5 Å². The molecule has 0 unspecified atom stereocenters. The molecule has 2 aromatic rings. The van der Waals surface area contributed by atoms with Crippen molar-refractivity contribution in [1.29, 1.82) is 0 Å². The Morgan fingerprint density at radius 1 is 1.38 bits per heavy atom. The molecule has 0 aliphatic heterocycles. The molecule has 1 aromatic heterocycles. The number of nitrogens with zero attached hydrogens (tertiary/aromatic N) is 1. The minimum absolute atomic E-state index is 0.0641. The topological polar surface area (TPSA) is 42.0 Å². The lowest BCUT2D eigenvalue weighted by Gasteiger charge is -2.19. The fourth-order valence-corrected chi connectivity index (χ4v) is 3.09. The Bertz CT molecular complexity index is 652. The first-order chi connectivity index (χ1) is 10.1. The van der Waals surface area contributed by atoms with Gasteiger partial charge in [0.25, 0.3) is 0 Å². The number of amides is 1. The highest BCUT2D eigenvalue weighted by Crippen LogP contribution is 2.36. The second kappa shape index (κ2) is 5.68. The van der Waals surface area contributed by atoms with Gasteiger partial charge < -0.3 is 5.32 Å². The SMILES string of the molecule is Cc1ccc2c(c1)[C@H](NC(=O)Cc1cccnc1)[C@H](C)C2. The van der Waals surface area contributed by atoms with Gasteiger partial charge >= 0.3 is 0 Å². The molecule has 1 N–H and O–H groups in total. The lowest BCUT2D eigenvalue weighted by Crippen LogP contribution is -2.31. The molecule has 108 valence electrons. The van der Waals surface area contributed by atoms with Crippen LogP contribution in [-0.4, -0.2) is 10.9 Å². The fraction of sp³-hybridized carbons (Fsp3) is 0.333. The maximum absolute atomic E-state index is 12.3. The van der Waals surface area contributed by atoms with Crippen LogP contribution in [0.2, 0.25) is 0 Å². The Hall–Kier alpha value is -2.16. The van der Waals surface area contributed by atoms with Gasteiger partial charge in [-0.2, -0.15) is 0 Å². The van der Waals surface area contributed by atoms with E-state index in [9.17, 15) is 4.79 Å². The van der Waals surface area contributed by atoms with Crippen LogP contribution in [0.5, 0.6) is 0 Å². The summed E-state index contributed by atoms with van der Waals surface area (Å²) in [5, 5.41) is 3.19. The number of nitrogens with one attached hydrogen (secondary N) is 1. The summed E-state index contributed by atoms with van der Waals surface area (Å²) in [4.78, 5) is 16.3. The van der Waals surface area contributed by atoms with Gasteiger partial charge in [-0.1, -0.05) is 36.8 Å². The minimum atomic E-state index is 0.0641. The van der Waals surface area contributed by atoms with Crippen LogP contribution in [0.25, 0.3) is 0 Å². The Morgan fingerprint density at radius 3 is 3.00 bits per heavy atom. The summed E-state index contributed by atoms with van der Waals surface area (Å²) in [6.07, 6.45) is 4.89. The van der Waals surface area contributed by atoms with Crippen molar-refractivity contribution in [3.05, 3.63) is 65.0 Å². The second-order valence-corrected chi connectivity index (χ2v) is 5.97. The van der Waals surface area contributed by atoms with E-state index >= 15 is 0 Å². The van der Waals surface area contributed by atoms with Crippen LogP contribution >= 0.6 is 0 Å². The summed E-state index contributed by atoms with van der Waals surface area (Å²) in [6, 6.07) is 10.5. The molecule has 3 nitrogen and oxygen atoms in total. The number of aromatic nitrogens is 1. The van der Waals surface area contributed by atoms with Crippen LogP contribution in [0, 0.1) is 12.8 Å². The molecule has 1 amide bonds. The van der Waals surface area contributed by atoms with E-state index < -0.39 is 0 Å². The van der Waals surface area contributed by atoms with Crippen LogP contribution in [0.3, 0.4) is 0 Å². The molecule has 0 radical (unpaired) electrons. The van der Waals surface area contributed by atoms with Crippen molar-refractivity contribution in [2.45, 2.75) is 32.7 Å². The Kier molecular flexibility index (Phi) is 3.74. The van der Waals surface area contributed by atoms with Crippen LogP contribution in [0.15, 0.2) is 42.7 Å². The van der Waals surface area contributed by atoms with Gasteiger partial charge in [0, 0.05) is 12.4 Å². The van der Waals surface area contributed by atoms with E-state index in [0.717, 1.165) is 12.0 Å². The number of fused-ring (bicyclic) bond motifs is 1. The molecule has 3 rings (SSSR count). The highest BCUT2D eigenvalue weighted by Gasteiger charge is 2.30. The molecule has 0 saturated carbocycles. The summed E-state index contributed by atoms with van der Waals surface area (Å²) in [5.74, 6) is 0.508. The number of hydrogen-bond acceptors (Lipinski definition) is 2. The predicted octanol–water partition coefficient (Wildman–Crippen LogP) is 2.98. The summed E-state index contributed by atoms with van der Waals surface area (Å²) < 4.78 is 0. The lowest BCUT2D eigenvalue weighted by atomic mass is 10.0. The summed E-state index contributed by atoms with van der Waals surface area (Å²) >= 11 is 0. The minimum Gasteiger partial charge on any atom is -0.349 e. The molecule has 1 aromatic carbocycles. The van der Waals surface area contributed by atoms with Crippen molar-refractivity contribution < 1.29 is 4.79 Å². The van der Waals surface area contributed by atoms with Crippen molar-refractivity contribution in [3.8, 4) is 0 Å². The summed E-state index contributed by atoms with van der Waals surface area (Å²) in [7, 11) is 0. The molecule has 1 aliphatic carbocycles. The van der Waals surface area contributed by atoms with Crippen LogP contribution < -0.4 is 5.32 Å². The Labute approximate surface area is 125 Å². The van der Waals surface area contributed by atoms with Crippen molar-refractivity contribution >= 4 is 5.91 Å². The Balaban J connectivity index is 1.73. The van der Waals surface area contributed by atoms with E-state index in [1.165, 1.54) is 16.7 Å². The zero-order chi connectivity index (χ0) is 14.8. The van der Waals surface area contributed by atoms with Crippen LogP contribution in [-0.2, 0) is 17.6 Å². The number of hydrogen-bond donors (Lipinski definition) is 1. The average Bonchev–Trinajstić information content (AvgIpc) is 2.76. The first-order valence-electron chi connectivity index (χ1n) is 7.41.